The van der Waals surface area contributed by atoms with E-state index in [4.69, 9.17) is 4.74 Å². The molecule has 0 unspecified atom stereocenters. The molecule has 6 nitrogen and oxygen atoms in total. The monoisotopic (exact) mass is 402 g/mol. The molecule has 30 heavy (non-hydrogen) atoms. The van der Waals surface area contributed by atoms with E-state index in [9.17, 15) is 4.79 Å². The predicted octanol–water partition coefficient (Wildman–Crippen LogP) is 4.62. The first-order valence-corrected chi connectivity index (χ1v) is 10.6. The zero-order valence-electron chi connectivity index (χ0n) is 17.2. The molecular formula is C24H26N4O2. The molecule has 0 atom stereocenters. The Balaban J connectivity index is 1.26. The highest BCUT2D eigenvalue weighted by Gasteiger charge is 2.30. The van der Waals surface area contributed by atoms with E-state index >= 15 is 0 Å². The molecule has 2 heterocycles. The number of hydrogen-bond donors (Lipinski definition) is 1. The van der Waals surface area contributed by atoms with E-state index in [2.05, 4.69) is 41.4 Å². The maximum Gasteiger partial charge on any atom is 0.324 e. The summed E-state index contributed by atoms with van der Waals surface area (Å²) >= 11 is 0. The lowest BCUT2D eigenvalue weighted by molar-refractivity contribution is 0.218. The Labute approximate surface area is 176 Å². The normalized spacial score (nSPS) is 16.4. The van der Waals surface area contributed by atoms with Gasteiger partial charge in [0.05, 0.1) is 12.8 Å². The summed E-state index contributed by atoms with van der Waals surface area (Å²) in [5, 5.41) is 6.88. The Kier molecular flexibility index (Phi) is 4.91. The average molecular weight is 402 g/mol. The number of hydrogen-bond acceptors (Lipinski definition) is 3. The van der Waals surface area contributed by atoms with Gasteiger partial charge in [0.2, 0.25) is 0 Å². The Bertz CT molecular complexity index is 1040. The smallest absolute Gasteiger partial charge is 0.324 e. The Hall–Kier alpha value is -3.28. The molecule has 0 radical (unpaired) electrons. The first-order chi connectivity index (χ1) is 14.7. The highest BCUT2D eigenvalue weighted by molar-refractivity contribution is 5.94. The number of nitrogens with one attached hydrogen (secondary N) is 1. The minimum atomic E-state index is 0.0507. The van der Waals surface area contributed by atoms with Gasteiger partial charge in [-0.3, -0.25) is 10.00 Å². The van der Waals surface area contributed by atoms with Crippen LogP contribution in [0.1, 0.15) is 24.0 Å². The van der Waals surface area contributed by atoms with Crippen molar-refractivity contribution in [3.05, 3.63) is 66.0 Å². The molecule has 154 valence electrons. The molecule has 2 amide bonds. The molecular weight excluding hydrogens is 376 g/mol. The molecule has 1 saturated heterocycles. The number of nitrogens with zero attached hydrogens (tertiary/aromatic N) is 3. The van der Waals surface area contributed by atoms with Gasteiger partial charge in [0, 0.05) is 37.1 Å². The maximum atomic E-state index is 13.0. The lowest BCUT2D eigenvalue weighted by Gasteiger charge is -2.20. The third-order valence-electron chi connectivity index (χ3n) is 5.88. The van der Waals surface area contributed by atoms with Crippen LogP contribution in [0.3, 0.4) is 0 Å². The lowest BCUT2D eigenvalue weighted by atomic mass is 10.0. The summed E-state index contributed by atoms with van der Waals surface area (Å²) < 4.78 is 5.89. The second-order valence-electron chi connectivity index (χ2n) is 8.24. The number of aromatic nitrogens is 2. The summed E-state index contributed by atoms with van der Waals surface area (Å²) in [5.74, 6) is 1.62. The molecule has 0 spiro atoms. The second kappa shape index (κ2) is 7.86. The molecule has 1 aliphatic heterocycles. The summed E-state index contributed by atoms with van der Waals surface area (Å²) in [4.78, 5) is 16.8. The number of urea groups is 1. The summed E-state index contributed by atoms with van der Waals surface area (Å²) in [6.45, 7) is 4.88. The van der Waals surface area contributed by atoms with Crippen molar-refractivity contribution in [1.82, 2.24) is 15.1 Å². The van der Waals surface area contributed by atoms with Gasteiger partial charge in [0.25, 0.3) is 0 Å². The van der Waals surface area contributed by atoms with Crippen LogP contribution in [0, 0.1) is 12.8 Å². The van der Waals surface area contributed by atoms with Crippen LogP contribution in [-0.2, 0) is 6.54 Å². The largest absolute Gasteiger partial charge is 0.493 e. The Morgan fingerprint density at radius 3 is 2.83 bits per heavy atom. The third kappa shape index (κ3) is 3.90. The fraction of sp³-hybridized carbons (Fsp3) is 0.333. The van der Waals surface area contributed by atoms with Crippen molar-refractivity contribution in [1.29, 1.82) is 0 Å². The van der Waals surface area contributed by atoms with Crippen LogP contribution in [0.25, 0.3) is 11.1 Å². The molecule has 2 fully saturated rings. The van der Waals surface area contributed by atoms with E-state index in [1.54, 1.807) is 0 Å². The highest BCUT2D eigenvalue weighted by atomic mass is 16.5. The maximum absolute atomic E-state index is 13.0. The second-order valence-corrected chi connectivity index (χ2v) is 8.24. The van der Waals surface area contributed by atoms with Crippen molar-refractivity contribution >= 4 is 11.7 Å². The van der Waals surface area contributed by atoms with Crippen LogP contribution in [0.4, 0.5) is 10.5 Å². The number of rotatable bonds is 7. The summed E-state index contributed by atoms with van der Waals surface area (Å²) in [6, 6.07) is 14.3. The fourth-order valence-electron chi connectivity index (χ4n) is 3.96. The van der Waals surface area contributed by atoms with Gasteiger partial charge in [0.15, 0.2) is 0 Å². The first kappa shape index (κ1) is 18.7. The van der Waals surface area contributed by atoms with Crippen LogP contribution >= 0.6 is 0 Å². The number of aromatic amines is 1. The average Bonchev–Trinajstić information content (AvgIpc) is 3.29. The molecule has 1 aliphatic carbocycles. The summed E-state index contributed by atoms with van der Waals surface area (Å²) in [6.07, 6.45) is 6.25. The highest BCUT2D eigenvalue weighted by Crippen LogP contribution is 2.31. The molecule has 3 aromatic rings. The summed E-state index contributed by atoms with van der Waals surface area (Å²) in [7, 11) is 0. The predicted molar refractivity (Wildman–Crippen MR) is 117 cm³/mol. The van der Waals surface area contributed by atoms with Gasteiger partial charge in [-0.25, -0.2) is 4.79 Å². The number of benzene rings is 2. The van der Waals surface area contributed by atoms with Crippen molar-refractivity contribution in [2.45, 2.75) is 26.3 Å². The van der Waals surface area contributed by atoms with E-state index in [0.29, 0.717) is 19.6 Å². The number of amides is 2. The van der Waals surface area contributed by atoms with Crippen molar-refractivity contribution in [2.75, 3.05) is 24.6 Å². The van der Waals surface area contributed by atoms with Gasteiger partial charge in [-0.2, -0.15) is 5.10 Å². The van der Waals surface area contributed by atoms with Gasteiger partial charge in [-0.05, 0) is 66.6 Å². The van der Waals surface area contributed by atoms with Crippen molar-refractivity contribution in [2.24, 2.45) is 5.92 Å². The SMILES string of the molecule is Cc1cc(N2CCN(Cc3cccc(OCC4CC4)c3)C2=O)ccc1-c1cn[nH]c1. The van der Waals surface area contributed by atoms with Crippen LogP contribution in [0.5, 0.6) is 5.75 Å². The molecule has 2 aromatic carbocycles. The molecule has 6 heteroatoms. The zero-order valence-corrected chi connectivity index (χ0v) is 17.2. The number of ether oxygens (including phenoxy) is 1. The molecule has 1 aromatic heterocycles. The quantitative estimate of drug-likeness (QED) is 0.627. The number of aryl methyl sites for hydroxylation is 1. The van der Waals surface area contributed by atoms with Gasteiger partial charge < -0.3 is 9.64 Å². The number of anilines is 1. The van der Waals surface area contributed by atoms with Crippen molar-refractivity contribution < 1.29 is 9.53 Å². The van der Waals surface area contributed by atoms with Crippen LogP contribution in [0.15, 0.2) is 54.9 Å². The van der Waals surface area contributed by atoms with Crippen LogP contribution < -0.4 is 9.64 Å². The molecule has 2 aliphatic rings. The van der Waals surface area contributed by atoms with E-state index in [1.165, 1.54) is 12.8 Å². The van der Waals surface area contributed by atoms with Gasteiger partial charge in [-0.15, -0.1) is 0 Å². The molecule has 1 N–H and O–H groups in total. The van der Waals surface area contributed by atoms with Gasteiger partial charge in [0.1, 0.15) is 5.75 Å². The lowest BCUT2D eigenvalue weighted by Crippen LogP contribution is -2.31. The zero-order chi connectivity index (χ0) is 20.5. The van der Waals surface area contributed by atoms with E-state index in [0.717, 1.165) is 46.2 Å². The van der Waals surface area contributed by atoms with E-state index < -0.39 is 0 Å². The third-order valence-corrected chi connectivity index (χ3v) is 5.88. The number of H-pyrrole nitrogens is 1. The van der Waals surface area contributed by atoms with Crippen molar-refractivity contribution in [3.8, 4) is 16.9 Å². The molecule has 0 bridgehead atoms. The molecule has 5 rings (SSSR count). The van der Waals surface area contributed by atoms with E-state index in [-0.39, 0.29) is 6.03 Å². The minimum Gasteiger partial charge on any atom is -0.493 e. The topological polar surface area (TPSA) is 61.5 Å². The minimum absolute atomic E-state index is 0.0507. The Morgan fingerprint density at radius 2 is 2.07 bits per heavy atom. The number of carbonyl (C=O) groups is 1. The summed E-state index contributed by atoms with van der Waals surface area (Å²) in [5.41, 5.74) is 5.34. The Morgan fingerprint density at radius 1 is 1.17 bits per heavy atom. The van der Waals surface area contributed by atoms with Gasteiger partial charge >= 0.3 is 6.03 Å². The fourth-order valence-corrected chi connectivity index (χ4v) is 3.96. The van der Waals surface area contributed by atoms with Crippen LogP contribution in [0.2, 0.25) is 0 Å². The molecule has 1 saturated carbocycles. The van der Waals surface area contributed by atoms with E-state index in [1.807, 2.05) is 40.4 Å². The number of carbonyl (C=O) groups excluding carboxylic acids is 1. The van der Waals surface area contributed by atoms with Crippen LogP contribution in [-0.4, -0.2) is 40.8 Å². The standard InChI is InChI=1S/C24H26N4O2/c1-17-11-21(7-8-23(17)20-13-25-26-14-20)28-10-9-27(24(28)29)15-19-3-2-4-22(12-19)30-16-18-5-6-18/h2-4,7-8,11-14,18H,5-6,9-10,15-16H2,1H3,(H,25,26). The first-order valence-electron chi connectivity index (χ1n) is 10.6. The van der Waals surface area contributed by atoms with Gasteiger partial charge in [-0.1, -0.05) is 18.2 Å². The van der Waals surface area contributed by atoms with Crippen molar-refractivity contribution in [3.63, 3.8) is 0 Å².